The van der Waals surface area contributed by atoms with E-state index in [-0.39, 0.29) is 5.91 Å². The zero-order valence-corrected chi connectivity index (χ0v) is 16.3. The Morgan fingerprint density at radius 1 is 1.12 bits per heavy atom. The van der Waals surface area contributed by atoms with Crippen molar-refractivity contribution in [2.75, 3.05) is 5.32 Å². The third kappa shape index (κ3) is 4.95. The molecule has 4 nitrogen and oxygen atoms in total. The predicted molar refractivity (Wildman–Crippen MR) is 105 cm³/mol. The lowest BCUT2D eigenvalue weighted by Crippen LogP contribution is -2.11. The van der Waals surface area contributed by atoms with Gasteiger partial charge in [-0.05, 0) is 36.8 Å². The third-order valence-corrected chi connectivity index (χ3v) is 6.07. The number of halogens is 2. The van der Waals surface area contributed by atoms with Crippen LogP contribution in [0.1, 0.15) is 21.5 Å². The summed E-state index contributed by atoms with van der Waals surface area (Å²) in [5.74, 6) is 0.495. The molecule has 0 saturated carbocycles. The molecule has 0 spiro atoms. The highest BCUT2D eigenvalue weighted by molar-refractivity contribution is 8.00. The second kappa shape index (κ2) is 8.19. The molecule has 1 aromatic heterocycles. The molecule has 0 aliphatic heterocycles. The highest BCUT2D eigenvalue weighted by Crippen LogP contribution is 2.30. The van der Waals surface area contributed by atoms with E-state index in [4.69, 9.17) is 23.2 Å². The van der Waals surface area contributed by atoms with Crippen molar-refractivity contribution in [3.05, 3.63) is 69.2 Å². The molecule has 0 saturated heterocycles. The predicted octanol–water partition coefficient (Wildman–Crippen LogP) is 5.70. The van der Waals surface area contributed by atoms with Crippen molar-refractivity contribution in [1.29, 1.82) is 0 Å². The van der Waals surface area contributed by atoms with Crippen LogP contribution in [0.15, 0.2) is 46.8 Å². The number of aromatic nitrogens is 2. The molecular weight excluding hydrogens is 397 g/mol. The van der Waals surface area contributed by atoms with Gasteiger partial charge in [-0.2, -0.15) is 0 Å². The summed E-state index contributed by atoms with van der Waals surface area (Å²) < 4.78 is 0.769. The summed E-state index contributed by atoms with van der Waals surface area (Å²) in [4.78, 5) is 12.2. The van der Waals surface area contributed by atoms with Gasteiger partial charge in [-0.1, -0.05) is 70.1 Å². The van der Waals surface area contributed by atoms with E-state index in [0.717, 1.165) is 15.5 Å². The van der Waals surface area contributed by atoms with E-state index in [2.05, 4.69) is 15.5 Å². The van der Waals surface area contributed by atoms with Crippen LogP contribution >= 0.6 is 46.3 Å². The van der Waals surface area contributed by atoms with Gasteiger partial charge in [-0.25, -0.2) is 0 Å². The first-order chi connectivity index (χ1) is 12.0. The van der Waals surface area contributed by atoms with Crippen molar-refractivity contribution < 1.29 is 4.79 Å². The molecule has 0 atom stereocenters. The first-order valence-corrected chi connectivity index (χ1v) is 9.85. The zero-order valence-electron chi connectivity index (χ0n) is 13.1. The van der Waals surface area contributed by atoms with Crippen LogP contribution in [-0.2, 0) is 5.75 Å². The van der Waals surface area contributed by atoms with Gasteiger partial charge < -0.3 is 0 Å². The van der Waals surface area contributed by atoms with Gasteiger partial charge in [0.15, 0.2) is 4.34 Å². The summed E-state index contributed by atoms with van der Waals surface area (Å²) in [7, 11) is 0. The Labute approximate surface area is 163 Å². The maximum absolute atomic E-state index is 12.2. The van der Waals surface area contributed by atoms with Gasteiger partial charge in [-0.3, -0.25) is 10.1 Å². The molecule has 0 aliphatic carbocycles. The molecule has 8 heteroatoms. The zero-order chi connectivity index (χ0) is 17.8. The van der Waals surface area contributed by atoms with E-state index >= 15 is 0 Å². The number of amides is 1. The number of rotatable bonds is 5. The van der Waals surface area contributed by atoms with Gasteiger partial charge >= 0.3 is 0 Å². The summed E-state index contributed by atoms with van der Waals surface area (Å²) in [6, 6.07) is 12.9. The van der Waals surface area contributed by atoms with Crippen molar-refractivity contribution in [2.45, 2.75) is 17.0 Å². The molecule has 3 rings (SSSR count). The molecule has 2 aromatic carbocycles. The van der Waals surface area contributed by atoms with Gasteiger partial charge in [0.1, 0.15) is 0 Å². The summed E-state index contributed by atoms with van der Waals surface area (Å²) in [6.07, 6.45) is 0. The average molecular weight is 410 g/mol. The van der Waals surface area contributed by atoms with Crippen LogP contribution in [0.3, 0.4) is 0 Å². The molecule has 0 aliphatic rings. The number of hydrogen-bond donors (Lipinski definition) is 1. The number of hydrogen-bond acceptors (Lipinski definition) is 5. The van der Waals surface area contributed by atoms with Crippen LogP contribution in [0.25, 0.3) is 0 Å². The topological polar surface area (TPSA) is 54.9 Å². The minimum absolute atomic E-state index is 0.197. The smallest absolute Gasteiger partial charge is 0.257 e. The number of anilines is 1. The number of carbonyl (C=O) groups excluding carboxylic acids is 1. The van der Waals surface area contributed by atoms with Crippen molar-refractivity contribution in [1.82, 2.24) is 10.2 Å². The van der Waals surface area contributed by atoms with Crippen LogP contribution in [0.5, 0.6) is 0 Å². The fraction of sp³-hybridized carbons (Fsp3) is 0.118. The number of nitrogens with one attached hydrogen (secondary N) is 1. The van der Waals surface area contributed by atoms with Crippen LogP contribution < -0.4 is 5.32 Å². The fourth-order valence-electron chi connectivity index (χ4n) is 1.97. The lowest BCUT2D eigenvalue weighted by atomic mass is 10.1. The molecule has 3 aromatic rings. The standard InChI is InChI=1S/C17H13Cl2N3OS2/c1-10-2-5-12(6-3-10)15(23)20-16-21-22-17(25-16)24-9-11-4-7-13(18)14(19)8-11/h2-8H,9H2,1H3,(H,20,21,23). The molecule has 1 amide bonds. The maximum Gasteiger partial charge on any atom is 0.257 e. The van der Waals surface area contributed by atoms with E-state index in [1.165, 1.54) is 23.1 Å². The van der Waals surface area contributed by atoms with Crippen molar-refractivity contribution in [3.8, 4) is 0 Å². The maximum atomic E-state index is 12.2. The van der Waals surface area contributed by atoms with Gasteiger partial charge in [0, 0.05) is 11.3 Å². The van der Waals surface area contributed by atoms with Crippen LogP contribution in [-0.4, -0.2) is 16.1 Å². The fourth-order valence-corrected chi connectivity index (χ4v) is 3.98. The van der Waals surface area contributed by atoms with Gasteiger partial charge in [0.25, 0.3) is 5.91 Å². The molecule has 1 heterocycles. The summed E-state index contributed by atoms with van der Waals surface area (Å²) in [5.41, 5.74) is 2.74. The summed E-state index contributed by atoms with van der Waals surface area (Å²) in [6.45, 7) is 1.98. The average Bonchev–Trinajstić information content (AvgIpc) is 3.04. The van der Waals surface area contributed by atoms with E-state index in [0.29, 0.717) is 26.5 Å². The monoisotopic (exact) mass is 409 g/mol. The van der Waals surface area contributed by atoms with E-state index < -0.39 is 0 Å². The lowest BCUT2D eigenvalue weighted by Gasteiger charge is -2.01. The Balaban J connectivity index is 1.59. The van der Waals surface area contributed by atoms with E-state index in [9.17, 15) is 4.79 Å². The highest BCUT2D eigenvalue weighted by atomic mass is 35.5. The number of benzene rings is 2. The van der Waals surface area contributed by atoms with Crippen molar-refractivity contribution in [3.63, 3.8) is 0 Å². The minimum atomic E-state index is -0.197. The highest BCUT2D eigenvalue weighted by Gasteiger charge is 2.11. The summed E-state index contributed by atoms with van der Waals surface area (Å²) >= 11 is 14.8. The molecule has 1 N–H and O–H groups in total. The van der Waals surface area contributed by atoms with E-state index in [1.807, 2.05) is 31.2 Å². The van der Waals surface area contributed by atoms with E-state index in [1.54, 1.807) is 18.2 Å². The van der Waals surface area contributed by atoms with Crippen LogP contribution in [0.2, 0.25) is 10.0 Å². The molecule has 25 heavy (non-hydrogen) atoms. The molecule has 0 unspecified atom stereocenters. The number of carbonyl (C=O) groups is 1. The number of aryl methyl sites for hydroxylation is 1. The molecular formula is C17H13Cl2N3OS2. The first-order valence-electron chi connectivity index (χ1n) is 7.29. The number of nitrogens with zero attached hydrogens (tertiary/aromatic N) is 2. The first kappa shape index (κ1) is 18.2. The third-order valence-electron chi connectivity index (χ3n) is 3.29. The quantitative estimate of drug-likeness (QED) is 0.433. The number of thioether (sulfide) groups is 1. The molecule has 0 bridgehead atoms. The SMILES string of the molecule is Cc1ccc(C(=O)Nc2nnc(SCc3ccc(Cl)c(Cl)c3)s2)cc1. The second-order valence-corrected chi connectivity index (χ2v) is 8.24. The van der Waals surface area contributed by atoms with Crippen molar-refractivity contribution in [2.24, 2.45) is 0 Å². The normalized spacial score (nSPS) is 10.7. The molecule has 128 valence electrons. The Morgan fingerprint density at radius 2 is 1.88 bits per heavy atom. The largest absolute Gasteiger partial charge is 0.296 e. The minimum Gasteiger partial charge on any atom is -0.296 e. The molecule has 0 radical (unpaired) electrons. The van der Waals surface area contributed by atoms with Gasteiger partial charge in [0.05, 0.1) is 10.0 Å². The second-order valence-electron chi connectivity index (χ2n) is 5.23. The summed E-state index contributed by atoms with van der Waals surface area (Å²) in [5, 5.41) is 12.4. The van der Waals surface area contributed by atoms with Crippen LogP contribution in [0, 0.1) is 6.92 Å². The van der Waals surface area contributed by atoms with Crippen LogP contribution in [0.4, 0.5) is 5.13 Å². The Morgan fingerprint density at radius 3 is 2.60 bits per heavy atom. The lowest BCUT2D eigenvalue weighted by molar-refractivity contribution is 0.102. The van der Waals surface area contributed by atoms with Gasteiger partial charge in [-0.15, -0.1) is 10.2 Å². The Kier molecular flexibility index (Phi) is 5.96. The molecule has 0 fully saturated rings. The Hall–Kier alpha value is -1.60. The van der Waals surface area contributed by atoms with Crippen molar-refractivity contribution >= 4 is 57.3 Å². The van der Waals surface area contributed by atoms with Gasteiger partial charge in [0.2, 0.25) is 5.13 Å². The Bertz CT molecular complexity index is 897.